The number of rotatable bonds is 9. The molecule has 39 heavy (non-hydrogen) atoms. The van der Waals surface area contributed by atoms with Gasteiger partial charge in [-0.2, -0.15) is 5.10 Å². The van der Waals surface area contributed by atoms with Gasteiger partial charge in [-0.25, -0.2) is 4.68 Å². The number of hydrogen-bond acceptors (Lipinski definition) is 6. The van der Waals surface area contributed by atoms with Gasteiger partial charge in [0, 0.05) is 24.7 Å². The fourth-order valence-electron chi connectivity index (χ4n) is 4.51. The largest absolute Gasteiger partial charge is 0.466 e. The molecule has 3 aromatic rings. The average Bonchev–Trinajstić information content (AvgIpc) is 3.32. The number of esters is 1. The summed E-state index contributed by atoms with van der Waals surface area (Å²) in [4.78, 5) is 37.5. The Morgan fingerprint density at radius 1 is 1.05 bits per heavy atom. The van der Waals surface area contributed by atoms with Gasteiger partial charge in [0.1, 0.15) is 0 Å². The normalized spacial score (nSPS) is 14.8. The third-order valence-corrected chi connectivity index (χ3v) is 6.62. The van der Waals surface area contributed by atoms with E-state index < -0.39 is 0 Å². The molecule has 1 atom stereocenters. The Morgan fingerprint density at radius 3 is 2.49 bits per heavy atom. The molecule has 1 aliphatic rings. The number of benzene rings is 2. The summed E-state index contributed by atoms with van der Waals surface area (Å²) < 4.78 is 6.35. The molecule has 2 aromatic carbocycles. The molecule has 4 rings (SSSR count). The molecular weight excluding hydrogens is 492 g/mol. The highest BCUT2D eigenvalue weighted by molar-refractivity contribution is 5.94. The smallest absolute Gasteiger partial charge is 0.310 e. The van der Waals surface area contributed by atoms with Gasteiger partial charge in [0.15, 0.2) is 0 Å². The summed E-state index contributed by atoms with van der Waals surface area (Å²) in [7, 11) is 2.16. The minimum absolute atomic E-state index is 0.0429. The molecule has 8 heteroatoms. The number of ether oxygens (including phenoxy) is 1. The number of carbonyl (C=O) groups is 2. The van der Waals surface area contributed by atoms with Crippen LogP contribution in [0, 0.1) is 19.8 Å². The number of aromatic nitrogens is 2. The average molecular weight is 533 g/mol. The topological polar surface area (TPSA) is 93.5 Å². The van der Waals surface area contributed by atoms with Crippen molar-refractivity contribution in [1.82, 2.24) is 20.0 Å². The lowest BCUT2D eigenvalue weighted by Crippen LogP contribution is -2.26. The molecule has 1 saturated heterocycles. The molecular formula is C31H40N4O4. The van der Waals surface area contributed by atoms with Crippen LogP contribution in [0.15, 0.2) is 65.5 Å². The molecule has 1 fully saturated rings. The molecule has 0 bridgehead atoms. The number of hydrogen-bond donors (Lipinski definition) is 1. The Balaban J connectivity index is 0.000000218. The van der Waals surface area contributed by atoms with Crippen molar-refractivity contribution in [3.63, 3.8) is 0 Å². The van der Waals surface area contributed by atoms with Crippen molar-refractivity contribution >= 4 is 11.9 Å². The number of amides is 1. The van der Waals surface area contributed by atoms with Crippen molar-refractivity contribution in [3.8, 4) is 0 Å². The standard InChI is InChI=1S/C16H18N2O3.C15H22N2O/c1-3-21-16(20)10-13-5-4-6-14(9-13)11-18-15(19)8-7-12(2)17-18;1-12-3-5-14(6-4-12)15(18)16-9-7-13-8-10-17(2)11-13/h4-9H,3,10-11H2,1-2H3;3-6,13H,7-11H2,1-2H3,(H,16,18). The van der Waals surface area contributed by atoms with Crippen LogP contribution in [0.2, 0.25) is 0 Å². The summed E-state index contributed by atoms with van der Waals surface area (Å²) in [6, 6.07) is 18.4. The molecule has 1 N–H and O–H groups in total. The van der Waals surface area contributed by atoms with Gasteiger partial charge in [-0.1, -0.05) is 42.0 Å². The number of likely N-dealkylation sites (tertiary alicyclic amines) is 1. The second kappa shape index (κ2) is 15.0. The molecule has 1 unspecified atom stereocenters. The lowest BCUT2D eigenvalue weighted by Gasteiger charge is -2.11. The van der Waals surface area contributed by atoms with E-state index in [1.54, 1.807) is 13.0 Å². The van der Waals surface area contributed by atoms with Gasteiger partial charge in [0.25, 0.3) is 11.5 Å². The van der Waals surface area contributed by atoms with Crippen LogP contribution < -0.4 is 10.9 Å². The number of nitrogens with zero attached hydrogens (tertiary/aromatic N) is 3. The van der Waals surface area contributed by atoms with Gasteiger partial charge in [-0.05, 0) is 82.4 Å². The lowest BCUT2D eigenvalue weighted by atomic mass is 10.1. The third kappa shape index (κ3) is 10.1. The molecule has 2 heterocycles. The Kier molecular flexibility index (Phi) is 11.4. The predicted octanol–water partition coefficient (Wildman–Crippen LogP) is 3.77. The first kappa shape index (κ1) is 29.8. The molecule has 0 saturated carbocycles. The minimum atomic E-state index is -0.250. The SMILES string of the molecule is CCOC(=O)Cc1cccc(Cn2nc(C)ccc2=O)c1.Cc1ccc(C(=O)NCCC2CCN(C)C2)cc1. The van der Waals surface area contributed by atoms with Gasteiger partial charge < -0.3 is 15.0 Å². The highest BCUT2D eigenvalue weighted by Crippen LogP contribution is 2.17. The van der Waals surface area contributed by atoms with Crippen molar-refractivity contribution in [2.45, 2.75) is 46.6 Å². The van der Waals surface area contributed by atoms with Crippen LogP contribution in [-0.4, -0.2) is 59.8 Å². The molecule has 208 valence electrons. The van der Waals surface area contributed by atoms with E-state index in [0.29, 0.717) is 13.2 Å². The first-order valence-electron chi connectivity index (χ1n) is 13.5. The maximum absolute atomic E-state index is 11.9. The van der Waals surface area contributed by atoms with Gasteiger partial charge >= 0.3 is 5.97 Å². The second-order valence-electron chi connectivity index (χ2n) is 10.1. The summed E-state index contributed by atoms with van der Waals surface area (Å²) >= 11 is 0. The van der Waals surface area contributed by atoms with Crippen LogP contribution >= 0.6 is 0 Å². The molecule has 8 nitrogen and oxygen atoms in total. The van der Waals surface area contributed by atoms with Crippen LogP contribution in [0.3, 0.4) is 0 Å². The van der Waals surface area contributed by atoms with Gasteiger partial charge in [-0.3, -0.25) is 14.4 Å². The molecule has 0 radical (unpaired) electrons. The van der Waals surface area contributed by atoms with E-state index in [4.69, 9.17) is 4.74 Å². The Morgan fingerprint density at radius 2 is 1.79 bits per heavy atom. The molecule has 0 aliphatic carbocycles. The van der Waals surface area contributed by atoms with E-state index in [1.165, 1.54) is 35.8 Å². The summed E-state index contributed by atoms with van der Waals surface area (Å²) in [5.74, 6) is 0.537. The van der Waals surface area contributed by atoms with Gasteiger partial charge in [0.2, 0.25) is 0 Å². The Labute approximate surface area is 231 Å². The van der Waals surface area contributed by atoms with E-state index in [0.717, 1.165) is 41.3 Å². The zero-order chi connectivity index (χ0) is 28.2. The van der Waals surface area contributed by atoms with Crippen LogP contribution in [0.1, 0.15) is 52.5 Å². The number of nitrogens with one attached hydrogen (secondary N) is 1. The number of aryl methyl sites for hydroxylation is 2. The van der Waals surface area contributed by atoms with Crippen molar-refractivity contribution in [2.75, 3.05) is 33.3 Å². The fourth-order valence-corrected chi connectivity index (χ4v) is 4.51. The van der Waals surface area contributed by atoms with Gasteiger partial charge in [0.05, 0.1) is 25.3 Å². The van der Waals surface area contributed by atoms with Crippen LogP contribution in [0.5, 0.6) is 0 Å². The first-order valence-corrected chi connectivity index (χ1v) is 13.5. The zero-order valence-corrected chi connectivity index (χ0v) is 23.5. The van der Waals surface area contributed by atoms with E-state index >= 15 is 0 Å². The summed E-state index contributed by atoms with van der Waals surface area (Å²) in [5.41, 5.74) is 4.38. The van der Waals surface area contributed by atoms with Crippen molar-refractivity contribution in [2.24, 2.45) is 5.92 Å². The third-order valence-electron chi connectivity index (χ3n) is 6.62. The monoisotopic (exact) mass is 532 g/mol. The van der Waals surface area contributed by atoms with Crippen LogP contribution in [0.4, 0.5) is 0 Å². The van der Waals surface area contributed by atoms with Crippen LogP contribution in [0.25, 0.3) is 0 Å². The predicted molar refractivity (Wildman–Crippen MR) is 153 cm³/mol. The van der Waals surface area contributed by atoms with E-state index in [2.05, 4.69) is 22.4 Å². The van der Waals surface area contributed by atoms with Crippen molar-refractivity contribution in [1.29, 1.82) is 0 Å². The molecule has 1 aliphatic heterocycles. The molecule has 1 aromatic heterocycles. The summed E-state index contributed by atoms with van der Waals surface area (Å²) in [6.07, 6.45) is 2.58. The lowest BCUT2D eigenvalue weighted by molar-refractivity contribution is -0.142. The molecule has 1 amide bonds. The Bertz CT molecular complexity index is 1290. The summed E-state index contributed by atoms with van der Waals surface area (Å²) in [6.45, 7) is 9.55. The van der Waals surface area contributed by atoms with Crippen LogP contribution in [-0.2, 0) is 22.5 Å². The maximum atomic E-state index is 11.9. The minimum Gasteiger partial charge on any atom is -0.466 e. The maximum Gasteiger partial charge on any atom is 0.310 e. The van der Waals surface area contributed by atoms with E-state index in [9.17, 15) is 14.4 Å². The molecule has 0 spiro atoms. The Hall–Kier alpha value is -3.78. The summed E-state index contributed by atoms with van der Waals surface area (Å²) in [5, 5.41) is 7.20. The number of carbonyl (C=O) groups excluding carboxylic acids is 2. The first-order chi connectivity index (χ1) is 18.7. The van der Waals surface area contributed by atoms with E-state index in [-0.39, 0.29) is 23.9 Å². The zero-order valence-electron chi connectivity index (χ0n) is 23.5. The fraction of sp³-hybridized carbons (Fsp3) is 0.419. The van der Waals surface area contributed by atoms with Gasteiger partial charge in [-0.15, -0.1) is 0 Å². The quantitative estimate of drug-likeness (QED) is 0.422. The highest BCUT2D eigenvalue weighted by atomic mass is 16.5. The second-order valence-corrected chi connectivity index (χ2v) is 10.1. The highest BCUT2D eigenvalue weighted by Gasteiger charge is 2.19. The van der Waals surface area contributed by atoms with Crippen molar-refractivity contribution < 1.29 is 14.3 Å². The van der Waals surface area contributed by atoms with Crippen molar-refractivity contribution in [3.05, 3.63) is 99.0 Å². The van der Waals surface area contributed by atoms with E-state index in [1.807, 2.05) is 62.4 Å².